The number of hydrogen-bond donors (Lipinski definition) is 1. The molecule has 9 heteroatoms. The monoisotopic (exact) mass is 305 g/mol. The van der Waals surface area contributed by atoms with Crippen LogP contribution in [-0.2, 0) is 12.1 Å². The second-order valence-electron chi connectivity index (χ2n) is 3.94. The summed E-state index contributed by atoms with van der Waals surface area (Å²) in [6.07, 6.45) is -4.53. The number of rotatable bonds is 2. The van der Waals surface area contributed by atoms with Crippen molar-refractivity contribution in [2.75, 3.05) is 5.73 Å². The first-order chi connectivity index (χ1) is 9.25. The summed E-state index contributed by atoms with van der Waals surface area (Å²) in [7, 11) is 0. The molecule has 0 spiro atoms. The number of aromatic nitrogens is 1. The number of fused-ring (bicyclic) bond motifs is 1. The van der Waals surface area contributed by atoms with Crippen LogP contribution in [0.25, 0.3) is 10.9 Å². The number of nitrogen functional groups attached to an aromatic ring is 1. The van der Waals surface area contributed by atoms with Crippen molar-refractivity contribution in [1.82, 2.24) is 4.98 Å². The second-order valence-corrected chi connectivity index (χ2v) is 4.21. The van der Waals surface area contributed by atoms with Crippen LogP contribution in [0.15, 0.2) is 18.2 Å². The van der Waals surface area contributed by atoms with E-state index in [4.69, 9.17) is 17.3 Å². The molecule has 2 rings (SSSR count). The van der Waals surface area contributed by atoms with Gasteiger partial charge in [-0.2, -0.15) is 13.2 Å². The van der Waals surface area contributed by atoms with Gasteiger partial charge >= 0.3 is 11.9 Å². The Labute approximate surface area is 115 Å². The molecule has 0 bridgehead atoms. The highest BCUT2D eigenvalue weighted by molar-refractivity contribution is 6.17. The van der Waals surface area contributed by atoms with E-state index < -0.39 is 22.4 Å². The maximum absolute atomic E-state index is 12.6. The maximum atomic E-state index is 12.6. The summed E-state index contributed by atoms with van der Waals surface area (Å²) < 4.78 is 37.8. The quantitative estimate of drug-likeness (QED) is 0.523. The molecular weight excluding hydrogens is 299 g/mol. The zero-order valence-electron chi connectivity index (χ0n) is 9.74. The van der Waals surface area contributed by atoms with Crippen LogP contribution >= 0.6 is 11.6 Å². The summed E-state index contributed by atoms with van der Waals surface area (Å²) in [5, 5.41) is 11.0. The van der Waals surface area contributed by atoms with Crippen molar-refractivity contribution in [3.05, 3.63) is 39.6 Å². The molecule has 0 saturated carbocycles. The third kappa shape index (κ3) is 2.34. The number of nitrogens with zero attached hydrogens (tertiary/aromatic N) is 2. The second kappa shape index (κ2) is 4.78. The molecule has 1 heterocycles. The van der Waals surface area contributed by atoms with Gasteiger partial charge in [0, 0.05) is 5.39 Å². The molecule has 0 fully saturated rings. The molecule has 0 aliphatic rings. The minimum absolute atomic E-state index is 0.0820. The Bertz CT molecular complexity index is 703. The van der Waals surface area contributed by atoms with E-state index in [-0.39, 0.29) is 28.2 Å². The van der Waals surface area contributed by atoms with Crippen molar-refractivity contribution in [3.63, 3.8) is 0 Å². The van der Waals surface area contributed by atoms with Gasteiger partial charge in [0.2, 0.25) is 0 Å². The smallest absolute Gasteiger partial charge is 0.393 e. The minimum atomic E-state index is -4.53. The predicted molar refractivity (Wildman–Crippen MR) is 67.4 cm³/mol. The standard InChI is InChI=1S/C11H7ClF3N3O2/c12-4-8-10(18(19)20)9(16)6-2-1-5(11(13,14)15)3-7(6)17-8/h1-3H,4H2,(H2,16,17). The van der Waals surface area contributed by atoms with Crippen LogP contribution < -0.4 is 5.73 Å². The fourth-order valence-corrected chi connectivity index (χ4v) is 1.99. The van der Waals surface area contributed by atoms with Crippen molar-refractivity contribution >= 4 is 33.9 Å². The first-order valence-electron chi connectivity index (χ1n) is 5.25. The zero-order chi connectivity index (χ0) is 15.1. The Morgan fingerprint density at radius 1 is 1.40 bits per heavy atom. The average Bonchev–Trinajstić information content (AvgIpc) is 2.36. The number of pyridine rings is 1. The van der Waals surface area contributed by atoms with E-state index >= 15 is 0 Å². The van der Waals surface area contributed by atoms with Gasteiger partial charge in [-0.15, -0.1) is 11.6 Å². The van der Waals surface area contributed by atoms with Crippen molar-refractivity contribution in [3.8, 4) is 0 Å². The normalized spacial score (nSPS) is 11.8. The molecule has 0 saturated heterocycles. The van der Waals surface area contributed by atoms with E-state index in [1.54, 1.807) is 0 Å². The lowest BCUT2D eigenvalue weighted by Crippen LogP contribution is -2.07. The molecule has 2 aromatic rings. The fraction of sp³-hybridized carbons (Fsp3) is 0.182. The van der Waals surface area contributed by atoms with E-state index in [1.165, 1.54) is 0 Å². The lowest BCUT2D eigenvalue weighted by atomic mass is 10.1. The molecule has 106 valence electrons. The van der Waals surface area contributed by atoms with Gasteiger partial charge in [0.25, 0.3) is 0 Å². The van der Waals surface area contributed by atoms with E-state index in [2.05, 4.69) is 4.98 Å². The topological polar surface area (TPSA) is 82.0 Å². The number of benzene rings is 1. The Hall–Kier alpha value is -2.09. The maximum Gasteiger partial charge on any atom is 0.416 e. The Morgan fingerprint density at radius 2 is 2.05 bits per heavy atom. The number of halogens is 4. The molecule has 20 heavy (non-hydrogen) atoms. The molecule has 0 amide bonds. The van der Waals surface area contributed by atoms with Crippen LogP contribution in [0.4, 0.5) is 24.5 Å². The number of nitro groups is 1. The van der Waals surface area contributed by atoms with Gasteiger partial charge in [0.1, 0.15) is 11.4 Å². The third-order valence-corrected chi connectivity index (χ3v) is 2.96. The van der Waals surface area contributed by atoms with Gasteiger partial charge < -0.3 is 5.73 Å². The summed E-state index contributed by atoms with van der Waals surface area (Å²) in [6.45, 7) is 0. The first kappa shape index (κ1) is 14.3. The predicted octanol–water partition coefficient (Wildman–Crippen LogP) is 3.48. The van der Waals surface area contributed by atoms with Crippen LogP contribution in [-0.4, -0.2) is 9.91 Å². The molecule has 1 aromatic heterocycles. The largest absolute Gasteiger partial charge is 0.416 e. The van der Waals surface area contributed by atoms with Gasteiger partial charge in [-0.05, 0) is 18.2 Å². The van der Waals surface area contributed by atoms with Crippen molar-refractivity contribution in [2.45, 2.75) is 12.1 Å². The van der Waals surface area contributed by atoms with E-state index in [0.29, 0.717) is 0 Å². The summed E-state index contributed by atoms with van der Waals surface area (Å²) >= 11 is 5.53. The summed E-state index contributed by atoms with van der Waals surface area (Å²) in [5.41, 5.74) is 3.75. The van der Waals surface area contributed by atoms with E-state index in [9.17, 15) is 23.3 Å². The molecule has 0 aliphatic carbocycles. The van der Waals surface area contributed by atoms with Crippen molar-refractivity contribution < 1.29 is 18.1 Å². The molecule has 0 unspecified atom stereocenters. The Balaban J connectivity index is 2.80. The fourth-order valence-electron chi connectivity index (χ4n) is 1.81. The third-order valence-electron chi connectivity index (χ3n) is 2.71. The summed E-state index contributed by atoms with van der Waals surface area (Å²) in [6, 6.07) is 2.64. The van der Waals surface area contributed by atoms with Gasteiger partial charge in [-0.25, -0.2) is 4.98 Å². The lowest BCUT2D eigenvalue weighted by Gasteiger charge is -2.10. The molecule has 0 aliphatic heterocycles. The van der Waals surface area contributed by atoms with Crippen molar-refractivity contribution in [2.24, 2.45) is 0 Å². The first-order valence-corrected chi connectivity index (χ1v) is 5.78. The van der Waals surface area contributed by atoms with Gasteiger partial charge in [-0.3, -0.25) is 10.1 Å². The average molecular weight is 306 g/mol. The number of hydrogen-bond acceptors (Lipinski definition) is 4. The molecule has 5 nitrogen and oxygen atoms in total. The van der Waals surface area contributed by atoms with Crippen LogP contribution in [0, 0.1) is 10.1 Å². The number of alkyl halides is 4. The van der Waals surface area contributed by atoms with Crippen molar-refractivity contribution in [1.29, 1.82) is 0 Å². The molecule has 2 N–H and O–H groups in total. The van der Waals surface area contributed by atoms with Crippen LogP contribution in [0.3, 0.4) is 0 Å². The van der Waals surface area contributed by atoms with E-state index in [0.717, 1.165) is 18.2 Å². The molecule has 1 aromatic carbocycles. The van der Waals surface area contributed by atoms with Gasteiger partial charge in [-0.1, -0.05) is 0 Å². The SMILES string of the molecule is Nc1c([N+](=O)[O-])c(CCl)nc2cc(C(F)(F)F)ccc12. The number of anilines is 1. The lowest BCUT2D eigenvalue weighted by molar-refractivity contribution is -0.384. The summed E-state index contributed by atoms with van der Waals surface area (Å²) in [5.74, 6) is -0.327. The van der Waals surface area contributed by atoms with Gasteiger partial charge in [0.15, 0.2) is 0 Å². The van der Waals surface area contributed by atoms with Crippen LogP contribution in [0.5, 0.6) is 0 Å². The highest BCUT2D eigenvalue weighted by atomic mass is 35.5. The number of nitrogens with two attached hydrogens (primary N) is 1. The molecule has 0 atom stereocenters. The zero-order valence-corrected chi connectivity index (χ0v) is 10.5. The Kier molecular flexibility index (Phi) is 3.43. The highest BCUT2D eigenvalue weighted by Gasteiger charge is 2.31. The molecule has 0 radical (unpaired) electrons. The highest BCUT2D eigenvalue weighted by Crippen LogP contribution is 2.36. The van der Waals surface area contributed by atoms with E-state index in [1.807, 2.05) is 0 Å². The minimum Gasteiger partial charge on any atom is -0.393 e. The Morgan fingerprint density at radius 3 is 2.55 bits per heavy atom. The molecular formula is C11H7ClF3N3O2. The van der Waals surface area contributed by atoms with Gasteiger partial charge in [0.05, 0.1) is 21.9 Å². The van der Waals surface area contributed by atoms with Crippen LogP contribution in [0.2, 0.25) is 0 Å². The summed E-state index contributed by atoms with van der Waals surface area (Å²) in [4.78, 5) is 14.0. The van der Waals surface area contributed by atoms with Crippen LogP contribution in [0.1, 0.15) is 11.3 Å².